The molecule has 1 unspecified atom stereocenters. The van der Waals surface area contributed by atoms with Crippen LogP contribution in [0.25, 0.3) is 0 Å². The van der Waals surface area contributed by atoms with Crippen LogP contribution in [0, 0.1) is 5.92 Å². The number of nitrogens with zero attached hydrogens (tertiary/aromatic N) is 4. The monoisotopic (exact) mass is 297 g/mol. The second-order valence-electron chi connectivity index (χ2n) is 6.16. The van der Waals surface area contributed by atoms with Gasteiger partial charge in [0.1, 0.15) is 0 Å². The Morgan fingerprint density at radius 2 is 2.05 bits per heavy atom. The van der Waals surface area contributed by atoms with E-state index < -0.39 is 0 Å². The molecule has 5 nitrogen and oxygen atoms in total. The Bertz CT molecular complexity index is 387. The molecular weight excluding hydrogens is 270 g/mol. The summed E-state index contributed by atoms with van der Waals surface area (Å²) in [6.07, 6.45) is 6.29. The second-order valence-corrected chi connectivity index (χ2v) is 7.57. The Kier molecular flexibility index (Phi) is 6.29. The van der Waals surface area contributed by atoms with Crippen LogP contribution < -0.4 is 5.32 Å². The predicted octanol–water partition coefficient (Wildman–Crippen LogP) is 2.90. The third-order valence-corrected chi connectivity index (χ3v) is 4.82. The number of aromatic nitrogens is 4. The van der Waals surface area contributed by atoms with E-state index in [-0.39, 0.29) is 0 Å². The highest BCUT2D eigenvalue weighted by Crippen LogP contribution is 2.32. The third-order valence-electron chi connectivity index (χ3n) is 3.77. The Morgan fingerprint density at radius 1 is 1.30 bits per heavy atom. The van der Waals surface area contributed by atoms with Gasteiger partial charge in [0, 0.05) is 11.8 Å². The van der Waals surface area contributed by atoms with Gasteiger partial charge in [0.2, 0.25) is 5.16 Å². The lowest BCUT2D eigenvalue weighted by molar-refractivity contribution is 0.422. The molecule has 0 aromatic carbocycles. The Hall–Kier alpha value is -0.620. The Balaban J connectivity index is 1.76. The van der Waals surface area contributed by atoms with E-state index >= 15 is 0 Å². The van der Waals surface area contributed by atoms with Gasteiger partial charge in [-0.3, -0.25) is 0 Å². The first kappa shape index (κ1) is 15.8. The summed E-state index contributed by atoms with van der Waals surface area (Å²) < 4.78 is 2.04. The summed E-state index contributed by atoms with van der Waals surface area (Å²) in [7, 11) is 0. The minimum absolute atomic E-state index is 0.494. The second kappa shape index (κ2) is 7.98. The van der Waals surface area contributed by atoms with E-state index in [1.165, 1.54) is 32.1 Å². The van der Waals surface area contributed by atoms with Gasteiger partial charge >= 0.3 is 0 Å². The standard InChI is InChI=1S/C14H27N5S/c1-11(2)8-9-15-10-12(3)20-14-16-17-18-19(14)13-6-4-5-7-13/h11-13,15H,4-10H2,1-3H3. The molecule has 0 bridgehead atoms. The summed E-state index contributed by atoms with van der Waals surface area (Å²) in [5, 5.41) is 17.2. The Morgan fingerprint density at radius 3 is 2.75 bits per heavy atom. The molecule has 0 saturated heterocycles. The summed E-state index contributed by atoms with van der Waals surface area (Å²) >= 11 is 1.79. The lowest BCUT2D eigenvalue weighted by atomic mass is 10.1. The summed E-state index contributed by atoms with van der Waals surface area (Å²) in [5.74, 6) is 0.764. The smallest absolute Gasteiger partial charge is 0.209 e. The fourth-order valence-electron chi connectivity index (χ4n) is 2.56. The zero-order chi connectivity index (χ0) is 14.4. The van der Waals surface area contributed by atoms with Crippen molar-refractivity contribution in [3.63, 3.8) is 0 Å². The molecule has 1 aromatic heterocycles. The normalized spacial score (nSPS) is 18.0. The number of hydrogen-bond acceptors (Lipinski definition) is 5. The molecule has 1 aliphatic rings. The fraction of sp³-hybridized carbons (Fsp3) is 0.929. The van der Waals surface area contributed by atoms with Crippen LogP contribution in [-0.2, 0) is 0 Å². The van der Waals surface area contributed by atoms with Crippen LogP contribution >= 0.6 is 11.8 Å². The quantitative estimate of drug-likeness (QED) is 0.590. The maximum Gasteiger partial charge on any atom is 0.209 e. The lowest BCUT2D eigenvalue weighted by Crippen LogP contribution is -2.25. The molecule has 114 valence electrons. The third kappa shape index (κ3) is 4.74. The summed E-state index contributed by atoms with van der Waals surface area (Å²) in [6, 6.07) is 0.522. The van der Waals surface area contributed by atoms with Crippen molar-refractivity contribution in [1.29, 1.82) is 0 Å². The summed E-state index contributed by atoms with van der Waals surface area (Å²) in [6.45, 7) is 8.86. The van der Waals surface area contributed by atoms with E-state index in [1.807, 2.05) is 4.68 Å². The minimum atomic E-state index is 0.494. The van der Waals surface area contributed by atoms with E-state index in [1.54, 1.807) is 11.8 Å². The SMILES string of the molecule is CC(C)CCNCC(C)Sc1nnnn1C1CCCC1. The highest BCUT2D eigenvalue weighted by Gasteiger charge is 2.22. The molecule has 6 heteroatoms. The average Bonchev–Trinajstić information content (AvgIpc) is 3.04. The van der Waals surface area contributed by atoms with Gasteiger partial charge in [0.05, 0.1) is 6.04 Å². The van der Waals surface area contributed by atoms with Crippen molar-refractivity contribution in [3.05, 3.63) is 0 Å². The predicted molar refractivity (Wildman–Crippen MR) is 83.0 cm³/mol. The van der Waals surface area contributed by atoms with Gasteiger partial charge in [-0.2, -0.15) is 0 Å². The van der Waals surface area contributed by atoms with Gasteiger partial charge in [-0.25, -0.2) is 4.68 Å². The molecule has 1 aliphatic carbocycles. The van der Waals surface area contributed by atoms with Gasteiger partial charge in [0.15, 0.2) is 0 Å². The number of thioether (sulfide) groups is 1. The molecule has 1 fully saturated rings. The van der Waals surface area contributed by atoms with E-state index in [4.69, 9.17) is 0 Å². The summed E-state index contributed by atoms with van der Waals surface area (Å²) in [5.41, 5.74) is 0. The van der Waals surface area contributed by atoms with Crippen LogP contribution in [-0.4, -0.2) is 38.5 Å². The first-order chi connectivity index (χ1) is 9.66. The van der Waals surface area contributed by atoms with Gasteiger partial charge in [-0.05, 0) is 42.2 Å². The zero-order valence-electron chi connectivity index (χ0n) is 12.9. The van der Waals surface area contributed by atoms with Crippen LogP contribution in [0.4, 0.5) is 0 Å². The molecule has 2 rings (SSSR count). The van der Waals surface area contributed by atoms with E-state index in [0.717, 1.165) is 24.2 Å². The van der Waals surface area contributed by atoms with Crippen molar-refractivity contribution < 1.29 is 0 Å². The van der Waals surface area contributed by atoms with Crippen molar-refractivity contribution in [1.82, 2.24) is 25.5 Å². The number of hydrogen-bond donors (Lipinski definition) is 1. The minimum Gasteiger partial charge on any atom is -0.316 e. The molecule has 0 aliphatic heterocycles. The van der Waals surface area contributed by atoms with Crippen LogP contribution in [0.5, 0.6) is 0 Å². The first-order valence-electron chi connectivity index (χ1n) is 7.82. The molecule has 1 aromatic rings. The zero-order valence-corrected chi connectivity index (χ0v) is 13.7. The number of tetrazole rings is 1. The summed E-state index contributed by atoms with van der Waals surface area (Å²) in [4.78, 5) is 0. The molecule has 1 atom stereocenters. The van der Waals surface area contributed by atoms with E-state index in [2.05, 4.69) is 41.6 Å². The molecule has 1 saturated carbocycles. The fourth-order valence-corrected chi connectivity index (χ4v) is 3.50. The van der Waals surface area contributed by atoms with Gasteiger partial charge in [-0.15, -0.1) is 5.10 Å². The maximum atomic E-state index is 4.19. The molecule has 20 heavy (non-hydrogen) atoms. The van der Waals surface area contributed by atoms with Crippen molar-refractivity contribution in [3.8, 4) is 0 Å². The van der Waals surface area contributed by atoms with Gasteiger partial charge in [0.25, 0.3) is 0 Å². The van der Waals surface area contributed by atoms with E-state index in [9.17, 15) is 0 Å². The van der Waals surface area contributed by atoms with Crippen LogP contribution in [0.2, 0.25) is 0 Å². The highest BCUT2D eigenvalue weighted by molar-refractivity contribution is 7.99. The van der Waals surface area contributed by atoms with Crippen molar-refractivity contribution in [2.24, 2.45) is 5.92 Å². The lowest BCUT2D eigenvalue weighted by Gasteiger charge is -2.15. The van der Waals surface area contributed by atoms with E-state index in [0.29, 0.717) is 11.3 Å². The number of rotatable bonds is 8. The molecule has 0 amide bonds. The molecule has 0 radical (unpaired) electrons. The van der Waals surface area contributed by atoms with Gasteiger partial charge in [-0.1, -0.05) is 45.4 Å². The molecule has 1 heterocycles. The topological polar surface area (TPSA) is 55.6 Å². The first-order valence-corrected chi connectivity index (χ1v) is 8.70. The van der Waals surface area contributed by atoms with Gasteiger partial charge < -0.3 is 5.32 Å². The number of nitrogens with one attached hydrogen (secondary N) is 1. The van der Waals surface area contributed by atoms with Crippen molar-refractivity contribution in [2.75, 3.05) is 13.1 Å². The van der Waals surface area contributed by atoms with Crippen LogP contribution in [0.3, 0.4) is 0 Å². The molecule has 0 spiro atoms. The van der Waals surface area contributed by atoms with Crippen molar-refractivity contribution in [2.45, 2.75) is 69.3 Å². The Labute approximate surface area is 126 Å². The highest BCUT2D eigenvalue weighted by atomic mass is 32.2. The average molecular weight is 297 g/mol. The largest absolute Gasteiger partial charge is 0.316 e. The van der Waals surface area contributed by atoms with Crippen molar-refractivity contribution >= 4 is 11.8 Å². The van der Waals surface area contributed by atoms with Crippen LogP contribution in [0.15, 0.2) is 5.16 Å². The maximum absolute atomic E-state index is 4.19. The molecular formula is C14H27N5S. The molecule has 1 N–H and O–H groups in total. The van der Waals surface area contributed by atoms with Crippen LogP contribution in [0.1, 0.15) is 58.9 Å².